The van der Waals surface area contributed by atoms with E-state index in [9.17, 15) is 0 Å². The van der Waals surface area contributed by atoms with Crippen molar-refractivity contribution >= 4 is 32.1 Å². The van der Waals surface area contributed by atoms with Crippen LogP contribution in [0.15, 0.2) is 202 Å². The van der Waals surface area contributed by atoms with Gasteiger partial charge < -0.3 is 0 Å². The molecule has 1 aromatic heterocycles. The van der Waals surface area contributed by atoms with Crippen molar-refractivity contribution in [3.05, 3.63) is 182 Å². The fourth-order valence-corrected chi connectivity index (χ4v) is 12.7. The molecule has 0 saturated heterocycles. The molecule has 8 aromatic rings. The van der Waals surface area contributed by atoms with Crippen LogP contribution < -0.4 is 0 Å². The van der Waals surface area contributed by atoms with Gasteiger partial charge in [0.25, 0.3) is 0 Å². The monoisotopic (exact) mass is 622 g/mol. The number of fused-ring (bicyclic) bond motifs is 4. The van der Waals surface area contributed by atoms with Gasteiger partial charge in [0.1, 0.15) is 0 Å². The van der Waals surface area contributed by atoms with E-state index in [1.807, 2.05) is 11.3 Å². The van der Waals surface area contributed by atoms with Crippen LogP contribution in [0.2, 0.25) is 0 Å². The molecule has 0 atom stereocenters. The molecular formula is C44H30S2. The molecule has 0 fully saturated rings. The van der Waals surface area contributed by atoms with Crippen molar-refractivity contribution in [2.24, 2.45) is 0 Å². The van der Waals surface area contributed by atoms with Crippen LogP contribution >= 0.6 is 21.4 Å². The predicted octanol–water partition coefficient (Wildman–Crippen LogP) is 13.2. The van der Waals surface area contributed by atoms with Crippen LogP contribution in [0.25, 0.3) is 53.9 Å². The molecule has 0 nitrogen and oxygen atoms in total. The largest absolute Gasteiger partial charge is 0.134 e. The van der Waals surface area contributed by atoms with Crippen LogP contribution in [0.5, 0.6) is 0 Å². The van der Waals surface area contributed by atoms with Crippen LogP contribution in [-0.2, 0) is 0 Å². The first-order valence-corrected chi connectivity index (χ1v) is 18.1. The highest BCUT2D eigenvalue weighted by molar-refractivity contribution is 8.34. The van der Waals surface area contributed by atoms with E-state index in [0.29, 0.717) is 0 Å². The van der Waals surface area contributed by atoms with Crippen molar-refractivity contribution in [3.63, 3.8) is 0 Å². The molecule has 2 heteroatoms. The summed E-state index contributed by atoms with van der Waals surface area (Å²) >= 11 is 1.92. The maximum atomic E-state index is 2.40. The van der Waals surface area contributed by atoms with E-state index < -0.39 is 10.0 Å². The second kappa shape index (κ2) is 11.0. The first kappa shape index (κ1) is 27.2. The zero-order valence-electron chi connectivity index (χ0n) is 25.1. The Morgan fingerprint density at radius 1 is 0.326 bits per heavy atom. The van der Waals surface area contributed by atoms with Gasteiger partial charge >= 0.3 is 0 Å². The fraction of sp³-hybridized carbons (Fsp3) is 0. The van der Waals surface area contributed by atoms with Gasteiger partial charge in [-0.1, -0.05) is 146 Å². The minimum Gasteiger partial charge on any atom is -0.134 e. The zero-order valence-corrected chi connectivity index (χ0v) is 26.8. The highest BCUT2D eigenvalue weighted by Gasteiger charge is 2.43. The quantitative estimate of drug-likeness (QED) is 0.179. The number of thiophene rings is 1. The van der Waals surface area contributed by atoms with Crippen LogP contribution in [-0.4, -0.2) is 0 Å². The highest BCUT2D eigenvalue weighted by atomic mass is 32.3. The SMILES string of the molecule is c1ccc(-c2ccc(-c3sc(-c4cccc5c4-c4ccccc4S5(c4ccccc4)c4ccccc4)c4ccccc34)cc2)cc1. The lowest BCUT2D eigenvalue weighted by Gasteiger charge is -2.39. The third kappa shape index (κ3) is 4.08. The lowest BCUT2D eigenvalue weighted by atomic mass is 9.96. The smallest absolute Gasteiger partial charge is 0.0434 e. The number of benzene rings is 7. The topological polar surface area (TPSA) is 0 Å². The lowest BCUT2D eigenvalue weighted by molar-refractivity contribution is 1.29. The minimum atomic E-state index is -1.69. The first-order chi connectivity index (χ1) is 22.8. The summed E-state index contributed by atoms with van der Waals surface area (Å²) in [6.07, 6.45) is 0. The Hall–Kier alpha value is -5.15. The summed E-state index contributed by atoms with van der Waals surface area (Å²) < 4.78 is 0. The molecule has 1 aliphatic heterocycles. The van der Waals surface area contributed by atoms with Crippen LogP contribution in [0.3, 0.4) is 0 Å². The van der Waals surface area contributed by atoms with Gasteiger partial charge in [0, 0.05) is 51.2 Å². The summed E-state index contributed by atoms with van der Waals surface area (Å²) in [4.78, 5) is 8.25. The average Bonchev–Trinajstić information content (AvgIpc) is 3.68. The summed E-state index contributed by atoms with van der Waals surface area (Å²) in [5.74, 6) is 0. The predicted molar refractivity (Wildman–Crippen MR) is 197 cm³/mol. The molecule has 218 valence electrons. The first-order valence-electron chi connectivity index (χ1n) is 15.7. The van der Waals surface area contributed by atoms with E-state index >= 15 is 0 Å². The van der Waals surface area contributed by atoms with Crippen molar-refractivity contribution in [1.29, 1.82) is 0 Å². The molecule has 7 aromatic carbocycles. The van der Waals surface area contributed by atoms with E-state index in [2.05, 4.69) is 182 Å². The average molecular weight is 623 g/mol. The molecule has 0 bridgehead atoms. The Kier molecular flexibility index (Phi) is 6.52. The number of hydrogen-bond donors (Lipinski definition) is 0. The van der Waals surface area contributed by atoms with E-state index in [-0.39, 0.29) is 0 Å². The maximum Gasteiger partial charge on any atom is 0.0434 e. The third-order valence-corrected chi connectivity index (χ3v) is 14.4. The van der Waals surface area contributed by atoms with Crippen LogP contribution in [0.1, 0.15) is 0 Å². The molecule has 0 amide bonds. The summed E-state index contributed by atoms with van der Waals surface area (Å²) in [6, 6.07) is 67.2. The van der Waals surface area contributed by atoms with E-state index in [4.69, 9.17) is 0 Å². The van der Waals surface area contributed by atoms with Gasteiger partial charge in [-0.05, 0) is 58.7 Å². The van der Waals surface area contributed by atoms with E-state index in [1.54, 1.807) is 0 Å². The third-order valence-electron chi connectivity index (χ3n) is 9.16. The van der Waals surface area contributed by atoms with Crippen LogP contribution in [0, 0.1) is 0 Å². The Labute approximate surface area is 275 Å². The van der Waals surface area contributed by atoms with Gasteiger partial charge in [-0.25, -0.2) is 0 Å². The summed E-state index contributed by atoms with van der Waals surface area (Å²) in [6.45, 7) is 0. The molecular weight excluding hydrogens is 593 g/mol. The molecule has 0 aliphatic carbocycles. The minimum absolute atomic E-state index is 1.24. The second-order valence-corrected chi connectivity index (χ2v) is 15.7. The van der Waals surface area contributed by atoms with Crippen molar-refractivity contribution in [1.82, 2.24) is 0 Å². The van der Waals surface area contributed by atoms with E-state index in [1.165, 1.54) is 73.5 Å². The van der Waals surface area contributed by atoms with Gasteiger partial charge in [0.2, 0.25) is 0 Å². The van der Waals surface area contributed by atoms with Crippen molar-refractivity contribution < 1.29 is 0 Å². The zero-order chi connectivity index (χ0) is 30.5. The molecule has 46 heavy (non-hydrogen) atoms. The standard InChI is InChI=1S/C44H30S2/c1-4-15-31(16-5-1)32-27-29-33(30-28-32)43-36-21-10-11-22-37(36)44(45-43)39-24-14-26-41-42(39)38-23-12-13-25-40(38)46(41,34-17-6-2-7-18-34)35-19-8-3-9-20-35/h1-30H. The van der Waals surface area contributed by atoms with Gasteiger partial charge in [-0.3, -0.25) is 0 Å². The molecule has 1 aliphatic rings. The molecule has 0 N–H and O–H groups in total. The Balaban J connectivity index is 1.29. The van der Waals surface area contributed by atoms with Crippen molar-refractivity contribution in [2.75, 3.05) is 0 Å². The van der Waals surface area contributed by atoms with Gasteiger partial charge in [-0.15, -0.1) is 21.4 Å². The molecule has 0 radical (unpaired) electrons. The summed E-state index contributed by atoms with van der Waals surface area (Å²) in [7, 11) is -1.69. The Morgan fingerprint density at radius 3 is 1.48 bits per heavy atom. The number of hydrogen-bond acceptors (Lipinski definition) is 1. The van der Waals surface area contributed by atoms with Gasteiger partial charge in [0.05, 0.1) is 0 Å². The second-order valence-electron chi connectivity index (χ2n) is 11.7. The highest BCUT2D eigenvalue weighted by Crippen LogP contribution is 2.80. The van der Waals surface area contributed by atoms with Crippen LogP contribution in [0.4, 0.5) is 0 Å². The lowest BCUT2D eigenvalue weighted by Crippen LogP contribution is -2.01. The fourth-order valence-electron chi connectivity index (χ4n) is 7.16. The van der Waals surface area contributed by atoms with Gasteiger partial charge in [0.15, 0.2) is 0 Å². The number of rotatable bonds is 5. The van der Waals surface area contributed by atoms with E-state index in [0.717, 1.165) is 0 Å². The van der Waals surface area contributed by atoms with Crippen molar-refractivity contribution in [3.8, 4) is 43.1 Å². The Bertz CT molecular complexity index is 2300. The van der Waals surface area contributed by atoms with Crippen molar-refractivity contribution in [2.45, 2.75) is 19.6 Å². The normalized spacial score (nSPS) is 13.7. The molecule has 0 unspecified atom stereocenters. The van der Waals surface area contributed by atoms with Gasteiger partial charge in [-0.2, -0.15) is 0 Å². The molecule has 2 heterocycles. The summed E-state index contributed by atoms with van der Waals surface area (Å²) in [5.41, 5.74) is 7.78. The summed E-state index contributed by atoms with van der Waals surface area (Å²) in [5, 5.41) is 2.62. The molecule has 9 rings (SSSR count). The maximum absolute atomic E-state index is 2.40. The molecule has 0 spiro atoms. The molecule has 0 saturated carbocycles. The Morgan fingerprint density at radius 2 is 0.804 bits per heavy atom.